The summed E-state index contributed by atoms with van der Waals surface area (Å²) in [6, 6.07) is 0. The molecule has 0 radical (unpaired) electrons. The molecule has 0 unspecified atom stereocenters. The third kappa shape index (κ3) is 8.04. The molecule has 0 aliphatic carbocycles. The fraction of sp³-hybridized carbons (Fsp3) is 0.929. The van der Waals surface area contributed by atoms with E-state index >= 15 is 0 Å². The second kappa shape index (κ2) is 8.26. The van der Waals surface area contributed by atoms with Crippen LogP contribution in [-0.2, 0) is 19.6 Å². The van der Waals surface area contributed by atoms with E-state index in [9.17, 15) is 30.8 Å². The minimum atomic E-state index is -6.26. The number of alkyl halides is 4. The molecule has 1 amide bonds. The standard InChI is InChI=1S/C14H25F4NO6S/c1-11(2,3)25-10(20)19-8-6-12(4,5)24-9-7-13(15,16)14(17,18)26(21,22)23/h6-9H2,1-5H3,(H,19,20)(H,21,22,23). The van der Waals surface area contributed by atoms with Gasteiger partial charge in [0.05, 0.1) is 12.2 Å². The Morgan fingerprint density at radius 1 is 1.04 bits per heavy atom. The first-order valence-electron chi connectivity index (χ1n) is 7.64. The smallest absolute Gasteiger partial charge is 0.431 e. The van der Waals surface area contributed by atoms with Crippen LogP contribution in [0.25, 0.3) is 0 Å². The number of carbonyl (C=O) groups excluding carboxylic acids is 1. The molecule has 0 aromatic heterocycles. The Hall–Kier alpha value is -1.14. The van der Waals surface area contributed by atoms with Crippen LogP contribution in [0.4, 0.5) is 22.4 Å². The van der Waals surface area contributed by atoms with Gasteiger partial charge in [0, 0.05) is 13.0 Å². The van der Waals surface area contributed by atoms with E-state index in [1.807, 2.05) is 0 Å². The molecule has 26 heavy (non-hydrogen) atoms. The molecule has 0 atom stereocenters. The lowest BCUT2D eigenvalue weighted by atomic mass is 10.1. The summed E-state index contributed by atoms with van der Waals surface area (Å²) < 4.78 is 91.9. The Bertz CT molecular complexity index is 587. The van der Waals surface area contributed by atoms with Crippen molar-refractivity contribution in [1.82, 2.24) is 5.32 Å². The van der Waals surface area contributed by atoms with E-state index in [1.165, 1.54) is 13.8 Å². The fourth-order valence-corrected chi connectivity index (χ4v) is 2.12. The van der Waals surface area contributed by atoms with E-state index in [0.717, 1.165) is 0 Å². The molecule has 0 aromatic carbocycles. The van der Waals surface area contributed by atoms with Gasteiger partial charge in [-0.1, -0.05) is 0 Å². The van der Waals surface area contributed by atoms with Crippen molar-refractivity contribution in [2.24, 2.45) is 0 Å². The van der Waals surface area contributed by atoms with Crippen molar-refractivity contribution < 1.29 is 44.8 Å². The van der Waals surface area contributed by atoms with Crippen LogP contribution < -0.4 is 5.32 Å². The van der Waals surface area contributed by atoms with Crippen molar-refractivity contribution in [3.05, 3.63) is 0 Å². The third-order valence-electron chi connectivity index (χ3n) is 3.05. The lowest BCUT2D eigenvalue weighted by Gasteiger charge is -2.28. The number of alkyl carbamates (subject to hydrolysis) is 1. The summed E-state index contributed by atoms with van der Waals surface area (Å²) in [6.07, 6.45) is -2.16. The van der Waals surface area contributed by atoms with Crippen LogP contribution in [0.2, 0.25) is 0 Å². The van der Waals surface area contributed by atoms with Crippen molar-refractivity contribution in [3.8, 4) is 0 Å². The Labute approximate surface area is 150 Å². The van der Waals surface area contributed by atoms with Gasteiger partial charge < -0.3 is 14.8 Å². The minimum absolute atomic E-state index is 0.0689. The van der Waals surface area contributed by atoms with E-state index < -0.39 is 51.6 Å². The van der Waals surface area contributed by atoms with E-state index in [2.05, 4.69) is 5.32 Å². The number of nitrogens with one attached hydrogen (secondary N) is 1. The van der Waals surface area contributed by atoms with Crippen LogP contribution in [0.5, 0.6) is 0 Å². The number of hydrogen-bond donors (Lipinski definition) is 2. The van der Waals surface area contributed by atoms with Gasteiger partial charge in [-0.3, -0.25) is 4.55 Å². The van der Waals surface area contributed by atoms with Crippen molar-refractivity contribution in [3.63, 3.8) is 0 Å². The van der Waals surface area contributed by atoms with Gasteiger partial charge in [-0.2, -0.15) is 26.0 Å². The zero-order chi connectivity index (χ0) is 21.0. The molecule has 0 spiro atoms. The number of amides is 1. The molecule has 12 heteroatoms. The molecule has 156 valence electrons. The monoisotopic (exact) mass is 411 g/mol. The Kier molecular flexibility index (Phi) is 7.89. The highest BCUT2D eigenvalue weighted by Gasteiger charge is 2.65. The first kappa shape index (κ1) is 24.9. The highest BCUT2D eigenvalue weighted by atomic mass is 32.2. The molecule has 2 N–H and O–H groups in total. The van der Waals surface area contributed by atoms with Crippen molar-refractivity contribution in [2.75, 3.05) is 13.2 Å². The highest BCUT2D eigenvalue weighted by Crippen LogP contribution is 2.40. The van der Waals surface area contributed by atoms with Gasteiger partial charge in [-0.25, -0.2) is 4.79 Å². The van der Waals surface area contributed by atoms with Crippen LogP contribution in [-0.4, -0.2) is 54.6 Å². The summed E-state index contributed by atoms with van der Waals surface area (Å²) in [5.41, 5.74) is -1.77. The maximum Gasteiger partial charge on any atom is 0.431 e. The second-order valence-electron chi connectivity index (χ2n) is 7.23. The first-order valence-corrected chi connectivity index (χ1v) is 9.08. The molecular weight excluding hydrogens is 386 g/mol. The largest absolute Gasteiger partial charge is 0.444 e. The first-order chi connectivity index (χ1) is 11.3. The molecule has 0 bridgehead atoms. The number of ether oxygens (including phenoxy) is 2. The average Bonchev–Trinajstić information content (AvgIpc) is 2.33. The molecule has 7 nitrogen and oxygen atoms in total. The van der Waals surface area contributed by atoms with Crippen LogP contribution in [0.1, 0.15) is 47.5 Å². The molecule has 0 aliphatic rings. The third-order valence-corrected chi connectivity index (χ3v) is 4.00. The average molecular weight is 411 g/mol. The van der Waals surface area contributed by atoms with Crippen molar-refractivity contribution >= 4 is 16.2 Å². The van der Waals surface area contributed by atoms with Crippen LogP contribution in [0, 0.1) is 0 Å². The van der Waals surface area contributed by atoms with E-state index in [0.29, 0.717) is 0 Å². The molecule has 0 aromatic rings. The number of hydrogen-bond acceptors (Lipinski definition) is 5. The van der Waals surface area contributed by atoms with E-state index in [-0.39, 0.29) is 13.0 Å². The molecule has 0 saturated heterocycles. The summed E-state index contributed by atoms with van der Waals surface area (Å²) in [5, 5.41) is -3.19. The summed E-state index contributed by atoms with van der Waals surface area (Å²) in [4.78, 5) is 11.5. The maximum absolute atomic E-state index is 13.3. The topological polar surface area (TPSA) is 102 Å². The summed E-state index contributed by atoms with van der Waals surface area (Å²) in [6.45, 7) is 7.13. The molecular formula is C14H25F4NO6S. The SMILES string of the molecule is CC(C)(C)OC(=O)NCCC(C)(C)OCCC(F)(F)C(F)(F)S(=O)(=O)O. The predicted molar refractivity (Wildman–Crippen MR) is 84.9 cm³/mol. The van der Waals surface area contributed by atoms with Gasteiger partial charge >= 0.3 is 27.4 Å². The molecule has 0 aliphatic heterocycles. The molecule has 0 saturated carbocycles. The van der Waals surface area contributed by atoms with Gasteiger partial charge in [0.25, 0.3) is 0 Å². The highest BCUT2D eigenvalue weighted by molar-refractivity contribution is 7.87. The normalized spacial score (nSPS) is 14.2. The van der Waals surface area contributed by atoms with Gasteiger partial charge in [0.1, 0.15) is 5.60 Å². The fourth-order valence-electron chi connectivity index (χ4n) is 1.64. The number of rotatable bonds is 9. The quantitative estimate of drug-likeness (QED) is 0.446. The molecule has 0 rings (SSSR count). The van der Waals surface area contributed by atoms with Crippen molar-refractivity contribution in [1.29, 1.82) is 0 Å². The minimum Gasteiger partial charge on any atom is -0.444 e. The Balaban J connectivity index is 4.47. The summed E-state index contributed by atoms with van der Waals surface area (Å²) in [5.74, 6) is -5.01. The zero-order valence-corrected chi connectivity index (χ0v) is 16.1. The van der Waals surface area contributed by atoms with Crippen molar-refractivity contribution in [2.45, 2.75) is 69.8 Å². The van der Waals surface area contributed by atoms with Gasteiger partial charge in [0.15, 0.2) is 0 Å². The summed E-state index contributed by atoms with van der Waals surface area (Å²) >= 11 is 0. The lowest BCUT2D eigenvalue weighted by molar-refractivity contribution is -0.177. The Morgan fingerprint density at radius 3 is 1.96 bits per heavy atom. The van der Waals surface area contributed by atoms with Gasteiger partial charge in [-0.15, -0.1) is 0 Å². The molecule has 0 heterocycles. The predicted octanol–water partition coefficient (Wildman–Crippen LogP) is 3.20. The van der Waals surface area contributed by atoms with E-state index in [1.54, 1.807) is 20.8 Å². The maximum atomic E-state index is 13.3. The van der Waals surface area contributed by atoms with E-state index in [4.69, 9.17) is 14.0 Å². The van der Waals surface area contributed by atoms with Crippen LogP contribution >= 0.6 is 0 Å². The van der Waals surface area contributed by atoms with Gasteiger partial charge in [0.2, 0.25) is 0 Å². The Morgan fingerprint density at radius 2 is 1.54 bits per heavy atom. The van der Waals surface area contributed by atoms with Crippen LogP contribution in [0.15, 0.2) is 0 Å². The lowest BCUT2D eigenvalue weighted by Crippen LogP contribution is -2.47. The van der Waals surface area contributed by atoms with Gasteiger partial charge in [-0.05, 0) is 41.0 Å². The second-order valence-corrected chi connectivity index (χ2v) is 8.70. The summed E-state index contributed by atoms with van der Waals surface area (Å²) in [7, 11) is -6.26. The molecule has 0 fully saturated rings. The zero-order valence-electron chi connectivity index (χ0n) is 15.2. The number of carbonyl (C=O) groups is 1. The number of halogens is 4. The van der Waals surface area contributed by atoms with Crippen LogP contribution in [0.3, 0.4) is 0 Å².